The number of nitrogens with one attached hydrogen (secondary N) is 1. The van der Waals surface area contributed by atoms with Gasteiger partial charge in [-0.2, -0.15) is 0 Å². The van der Waals surface area contributed by atoms with E-state index < -0.39 is 5.97 Å². The number of aromatic carboxylic acids is 1. The maximum Gasteiger partial charge on any atom is 0.336 e. The van der Waals surface area contributed by atoms with Gasteiger partial charge >= 0.3 is 5.97 Å². The molecule has 0 aliphatic rings. The number of carboxylic acids is 1. The number of anilines is 1. The summed E-state index contributed by atoms with van der Waals surface area (Å²) in [5.41, 5.74) is 1.18. The van der Waals surface area contributed by atoms with Gasteiger partial charge in [-0.15, -0.1) is 11.3 Å². The largest absolute Gasteiger partial charge is 0.492 e. The molecule has 6 heteroatoms. The summed E-state index contributed by atoms with van der Waals surface area (Å²) in [4.78, 5) is 11.7. The van der Waals surface area contributed by atoms with Crippen molar-refractivity contribution in [3.63, 3.8) is 0 Å². The summed E-state index contributed by atoms with van der Waals surface area (Å²) in [6.45, 7) is 3.03. The number of hydrogen-bond acceptors (Lipinski definition) is 4. The molecule has 1 aromatic carbocycles. The zero-order valence-corrected chi connectivity index (χ0v) is 12.4. The third-order valence-electron chi connectivity index (χ3n) is 2.60. The summed E-state index contributed by atoms with van der Waals surface area (Å²) in [5.74, 6) is -0.249. The maximum atomic E-state index is 10.8. The second kappa shape index (κ2) is 6.63. The summed E-state index contributed by atoms with van der Waals surface area (Å²) >= 11 is 7.51. The van der Waals surface area contributed by atoms with E-state index in [1.165, 1.54) is 11.3 Å². The minimum absolute atomic E-state index is 0.316. The zero-order valence-electron chi connectivity index (χ0n) is 10.9. The van der Waals surface area contributed by atoms with Crippen LogP contribution in [0.5, 0.6) is 5.75 Å². The number of thiophene rings is 1. The van der Waals surface area contributed by atoms with Crippen molar-refractivity contribution in [2.45, 2.75) is 13.5 Å². The number of benzene rings is 1. The molecule has 0 aliphatic carbocycles. The molecule has 2 aromatic rings. The van der Waals surface area contributed by atoms with Gasteiger partial charge in [0.05, 0.1) is 17.2 Å². The van der Waals surface area contributed by atoms with Crippen molar-refractivity contribution in [1.29, 1.82) is 0 Å². The molecular formula is C14H14ClNO3S. The fourth-order valence-corrected chi connectivity index (χ4v) is 2.69. The highest BCUT2D eigenvalue weighted by Crippen LogP contribution is 2.28. The van der Waals surface area contributed by atoms with Gasteiger partial charge in [0.1, 0.15) is 5.75 Å². The lowest BCUT2D eigenvalue weighted by Crippen LogP contribution is -1.99. The van der Waals surface area contributed by atoms with E-state index in [4.69, 9.17) is 21.4 Å². The molecule has 1 aromatic heterocycles. The lowest BCUT2D eigenvalue weighted by atomic mass is 10.3. The molecule has 0 bridgehead atoms. The summed E-state index contributed by atoms with van der Waals surface area (Å²) in [6.07, 6.45) is 0. The highest BCUT2D eigenvalue weighted by atomic mass is 35.5. The van der Waals surface area contributed by atoms with Crippen LogP contribution in [0, 0.1) is 0 Å². The Morgan fingerprint density at radius 1 is 1.45 bits per heavy atom. The normalized spacial score (nSPS) is 10.3. The monoisotopic (exact) mass is 311 g/mol. The van der Waals surface area contributed by atoms with Crippen LogP contribution in [0.1, 0.15) is 22.2 Å². The Labute approximate surface area is 126 Å². The van der Waals surface area contributed by atoms with Crippen LogP contribution in [0.4, 0.5) is 5.69 Å². The van der Waals surface area contributed by atoms with Gasteiger partial charge in [0.2, 0.25) is 0 Å². The number of hydrogen-bond donors (Lipinski definition) is 2. The highest BCUT2D eigenvalue weighted by Gasteiger charge is 2.07. The van der Waals surface area contributed by atoms with Crippen molar-refractivity contribution in [2.24, 2.45) is 0 Å². The molecule has 2 N–H and O–H groups in total. The van der Waals surface area contributed by atoms with Crippen molar-refractivity contribution in [1.82, 2.24) is 0 Å². The quantitative estimate of drug-likeness (QED) is 0.843. The molecule has 20 heavy (non-hydrogen) atoms. The first-order valence-corrected chi connectivity index (χ1v) is 7.33. The average molecular weight is 312 g/mol. The first kappa shape index (κ1) is 14.7. The Morgan fingerprint density at radius 3 is 2.85 bits per heavy atom. The summed E-state index contributed by atoms with van der Waals surface area (Å²) in [6, 6.07) is 7.14. The van der Waals surface area contributed by atoms with Crippen LogP contribution in [0.25, 0.3) is 0 Å². The van der Waals surface area contributed by atoms with E-state index in [0.717, 1.165) is 10.6 Å². The van der Waals surface area contributed by atoms with Gasteiger partial charge in [0.25, 0.3) is 0 Å². The summed E-state index contributed by atoms with van der Waals surface area (Å²) < 4.78 is 5.36. The third-order valence-corrected chi connectivity index (χ3v) is 3.83. The van der Waals surface area contributed by atoms with Gasteiger partial charge in [0, 0.05) is 22.5 Å². The summed E-state index contributed by atoms with van der Waals surface area (Å²) in [7, 11) is 0. The molecule has 0 aliphatic heterocycles. The number of carboxylic acid groups (broad SMARTS) is 1. The molecule has 0 radical (unpaired) electrons. The van der Waals surface area contributed by atoms with E-state index in [1.54, 1.807) is 17.5 Å². The second-order valence-electron chi connectivity index (χ2n) is 4.04. The lowest BCUT2D eigenvalue weighted by molar-refractivity contribution is 0.0697. The predicted molar refractivity (Wildman–Crippen MR) is 81.2 cm³/mol. The van der Waals surface area contributed by atoms with E-state index in [2.05, 4.69) is 5.32 Å². The van der Waals surface area contributed by atoms with Crippen LogP contribution in [0.3, 0.4) is 0 Å². The van der Waals surface area contributed by atoms with E-state index >= 15 is 0 Å². The highest BCUT2D eigenvalue weighted by molar-refractivity contribution is 7.10. The Bertz CT molecular complexity index is 612. The number of carbonyl (C=O) groups is 1. The van der Waals surface area contributed by atoms with Crippen molar-refractivity contribution >= 4 is 34.6 Å². The van der Waals surface area contributed by atoms with Crippen LogP contribution in [-0.4, -0.2) is 17.7 Å². The molecule has 0 atom stereocenters. The first-order valence-electron chi connectivity index (χ1n) is 6.07. The molecule has 0 amide bonds. The number of ether oxygens (including phenoxy) is 1. The van der Waals surface area contributed by atoms with Crippen LogP contribution >= 0.6 is 22.9 Å². The SMILES string of the molecule is CCOc1ccc(NCc2cc(C(=O)O)cs2)cc1Cl. The molecule has 106 valence electrons. The standard InChI is InChI=1S/C14H14ClNO3S/c1-2-19-13-4-3-10(6-12(13)15)16-7-11-5-9(8-20-11)14(17)18/h3-6,8,16H,2,7H2,1H3,(H,17,18). The molecule has 0 unspecified atom stereocenters. The van der Waals surface area contributed by atoms with E-state index in [9.17, 15) is 4.79 Å². The minimum Gasteiger partial charge on any atom is -0.492 e. The molecule has 2 rings (SSSR count). The molecule has 1 heterocycles. The fraction of sp³-hybridized carbons (Fsp3) is 0.214. The van der Waals surface area contributed by atoms with E-state index in [0.29, 0.717) is 29.5 Å². The molecule has 0 saturated heterocycles. The Kier molecular flexibility index (Phi) is 4.87. The minimum atomic E-state index is -0.906. The van der Waals surface area contributed by atoms with E-state index in [-0.39, 0.29) is 0 Å². The van der Waals surface area contributed by atoms with Gasteiger partial charge in [-0.05, 0) is 31.2 Å². The Balaban J connectivity index is 1.99. The molecule has 0 saturated carbocycles. The second-order valence-corrected chi connectivity index (χ2v) is 5.44. The average Bonchev–Trinajstić information content (AvgIpc) is 2.88. The molecule has 0 fully saturated rings. The topological polar surface area (TPSA) is 58.6 Å². The van der Waals surface area contributed by atoms with Gasteiger partial charge in [0.15, 0.2) is 0 Å². The summed E-state index contributed by atoms with van der Waals surface area (Å²) in [5, 5.41) is 14.2. The third kappa shape index (κ3) is 3.65. The number of halogens is 1. The zero-order chi connectivity index (χ0) is 14.5. The fourth-order valence-electron chi connectivity index (χ4n) is 1.66. The van der Waals surface area contributed by atoms with Crippen molar-refractivity contribution in [3.8, 4) is 5.75 Å². The van der Waals surface area contributed by atoms with Gasteiger partial charge in [-0.3, -0.25) is 0 Å². The van der Waals surface area contributed by atoms with Gasteiger partial charge in [-0.25, -0.2) is 4.79 Å². The van der Waals surface area contributed by atoms with Crippen LogP contribution < -0.4 is 10.1 Å². The van der Waals surface area contributed by atoms with Gasteiger partial charge < -0.3 is 15.2 Å². The molecular weight excluding hydrogens is 298 g/mol. The predicted octanol–water partition coefficient (Wildman–Crippen LogP) is 4.11. The van der Waals surface area contributed by atoms with Crippen LogP contribution in [0.15, 0.2) is 29.6 Å². The Morgan fingerprint density at radius 2 is 2.25 bits per heavy atom. The maximum absolute atomic E-state index is 10.8. The first-order chi connectivity index (χ1) is 9.60. The van der Waals surface area contributed by atoms with Gasteiger partial charge in [-0.1, -0.05) is 11.6 Å². The number of rotatable bonds is 6. The van der Waals surface area contributed by atoms with Crippen molar-refractivity contribution < 1.29 is 14.6 Å². The van der Waals surface area contributed by atoms with E-state index in [1.807, 2.05) is 19.1 Å². The molecule has 4 nitrogen and oxygen atoms in total. The van der Waals surface area contributed by atoms with Crippen LogP contribution in [0.2, 0.25) is 5.02 Å². The lowest BCUT2D eigenvalue weighted by Gasteiger charge is -2.09. The molecule has 0 spiro atoms. The Hall–Kier alpha value is -1.72. The van der Waals surface area contributed by atoms with Crippen molar-refractivity contribution in [2.75, 3.05) is 11.9 Å². The smallest absolute Gasteiger partial charge is 0.336 e. The van der Waals surface area contributed by atoms with Crippen molar-refractivity contribution in [3.05, 3.63) is 45.1 Å². The van der Waals surface area contributed by atoms with Crippen LogP contribution in [-0.2, 0) is 6.54 Å².